The van der Waals surface area contributed by atoms with Gasteiger partial charge in [0.25, 0.3) is 0 Å². The molecule has 0 spiro atoms. The normalized spacial score (nSPS) is 10.5. The van der Waals surface area contributed by atoms with E-state index in [1.54, 1.807) is 12.1 Å². The van der Waals surface area contributed by atoms with E-state index in [2.05, 4.69) is 20.9 Å². The number of thioether (sulfide) groups is 1. The Morgan fingerprint density at radius 1 is 0.939 bits per heavy atom. The monoisotopic (exact) mass is 494 g/mol. The molecule has 1 heterocycles. The molecule has 166 valence electrons. The number of anilines is 3. The first-order valence-electron chi connectivity index (χ1n) is 9.92. The van der Waals surface area contributed by atoms with Crippen molar-refractivity contribution in [2.75, 3.05) is 21.7 Å². The highest BCUT2D eigenvalue weighted by Gasteiger charge is 2.09. The van der Waals surface area contributed by atoms with Crippen molar-refractivity contribution in [2.45, 2.75) is 4.90 Å². The summed E-state index contributed by atoms with van der Waals surface area (Å²) in [7, 11) is 0. The van der Waals surface area contributed by atoms with Crippen molar-refractivity contribution in [3.63, 3.8) is 0 Å². The summed E-state index contributed by atoms with van der Waals surface area (Å²) in [6.07, 6.45) is 0. The maximum absolute atomic E-state index is 13.1. The third-order valence-electron chi connectivity index (χ3n) is 4.38. The first-order chi connectivity index (χ1) is 16.0. The van der Waals surface area contributed by atoms with Crippen molar-refractivity contribution in [2.24, 2.45) is 0 Å². The van der Waals surface area contributed by atoms with Gasteiger partial charge in [-0.1, -0.05) is 24.3 Å². The molecular formula is C24H19FN4OS3. The molecule has 0 bridgehead atoms. The van der Waals surface area contributed by atoms with E-state index in [1.807, 2.05) is 60.0 Å². The van der Waals surface area contributed by atoms with E-state index in [-0.39, 0.29) is 17.5 Å². The van der Waals surface area contributed by atoms with Gasteiger partial charge in [0, 0.05) is 27.2 Å². The van der Waals surface area contributed by atoms with Crippen molar-refractivity contribution >= 4 is 62.8 Å². The van der Waals surface area contributed by atoms with Crippen LogP contribution in [-0.2, 0) is 4.79 Å². The number of halogens is 1. The number of thiazole rings is 1. The largest absolute Gasteiger partial charge is 0.332 e. The summed E-state index contributed by atoms with van der Waals surface area (Å²) in [6.45, 7) is 0. The molecule has 3 N–H and O–H groups in total. The van der Waals surface area contributed by atoms with Gasteiger partial charge < -0.3 is 16.0 Å². The van der Waals surface area contributed by atoms with Gasteiger partial charge >= 0.3 is 0 Å². The zero-order valence-electron chi connectivity index (χ0n) is 17.2. The Balaban J connectivity index is 1.28. The van der Waals surface area contributed by atoms with E-state index in [0.29, 0.717) is 15.9 Å². The highest BCUT2D eigenvalue weighted by molar-refractivity contribution is 8.00. The molecule has 0 fully saturated rings. The van der Waals surface area contributed by atoms with Crippen molar-refractivity contribution in [3.05, 3.63) is 90.1 Å². The standard InChI is InChI=1S/C24H19FN4OS3/c25-17-11-9-16(10-12-17)21-14-33-24(28-21)29-22(30)15-32-20-8-4-7-19(13-20)27-23(31)26-18-5-2-1-3-6-18/h1-14H,15H2,(H2,26,27,31)(H,28,29,30). The molecule has 4 rings (SSSR count). The molecular weight excluding hydrogens is 475 g/mol. The third kappa shape index (κ3) is 6.85. The fraction of sp³-hybridized carbons (Fsp3) is 0.0417. The average Bonchev–Trinajstić information content (AvgIpc) is 3.27. The summed E-state index contributed by atoms with van der Waals surface area (Å²) < 4.78 is 13.1. The van der Waals surface area contributed by atoms with Crippen molar-refractivity contribution in [1.29, 1.82) is 0 Å². The van der Waals surface area contributed by atoms with Gasteiger partial charge in [0.15, 0.2) is 10.2 Å². The Morgan fingerprint density at radius 3 is 2.45 bits per heavy atom. The summed E-state index contributed by atoms with van der Waals surface area (Å²) in [5.74, 6) is -0.213. The second-order valence-corrected chi connectivity index (χ2v) is 9.17. The maximum Gasteiger partial charge on any atom is 0.236 e. The van der Waals surface area contributed by atoms with Gasteiger partial charge in [0.05, 0.1) is 11.4 Å². The van der Waals surface area contributed by atoms with Crippen LogP contribution in [0.3, 0.4) is 0 Å². The Bertz CT molecular complexity index is 1250. The summed E-state index contributed by atoms with van der Waals surface area (Å²) in [6, 6.07) is 23.5. The maximum atomic E-state index is 13.1. The minimum Gasteiger partial charge on any atom is -0.332 e. The first kappa shape index (κ1) is 22.9. The molecule has 1 aromatic heterocycles. The lowest BCUT2D eigenvalue weighted by Gasteiger charge is -2.11. The number of hydrogen-bond acceptors (Lipinski definition) is 5. The summed E-state index contributed by atoms with van der Waals surface area (Å²) in [4.78, 5) is 17.7. The molecule has 0 saturated carbocycles. The summed E-state index contributed by atoms with van der Waals surface area (Å²) in [5.41, 5.74) is 3.23. The molecule has 0 aliphatic heterocycles. The minimum absolute atomic E-state index is 0.153. The Morgan fingerprint density at radius 2 is 1.67 bits per heavy atom. The number of nitrogens with zero attached hydrogens (tertiary/aromatic N) is 1. The lowest BCUT2D eigenvalue weighted by molar-refractivity contribution is -0.113. The number of aromatic nitrogens is 1. The lowest BCUT2D eigenvalue weighted by Crippen LogP contribution is -2.19. The van der Waals surface area contributed by atoms with Crippen LogP contribution in [0.4, 0.5) is 20.9 Å². The number of amides is 1. The van der Waals surface area contributed by atoms with Crippen molar-refractivity contribution in [1.82, 2.24) is 4.98 Å². The number of thiocarbonyl (C=S) groups is 1. The van der Waals surface area contributed by atoms with Gasteiger partial charge in [0.2, 0.25) is 5.91 Å². The van der Waals surface area contributed by atoms with Crippen LogP contribution in [-0.4, -0.2) is 21.8 Å². The molecule has 3 aromatic carbocycles. The Kier molecular flexibility index (Phi) is 7.66. The second-order valence-electron chi connectivity index (χ2n) is 6.85. The predicted octanol–water partition coefficient (Wildman–Crippen LogP) is 6.49. The number of para-hydroxylation sites is 1. The van der Waals surface area contributed by atoms with Crippen LogP contribution in [0.25, 0.3) is 11.3 Å². The van der Waals surface area contributed by atoms with E-state index in [0.717, 1.165) is 21.8 Å². The highest BCUT2D eigenvalue weighted by atomic mass is 32.2. The van der Waals surface area contributed by atoms with Gasteiger partial charge in [-0.2, -0.15) is 0 Å². The van der Waals surface area contributed by atoms with Gasteiger partial charge in [-0.05, 0) is 66.8 Å². The molecule has 0 unspecified atom stereocenters. The van der Waals surface area contributed by atoms with Crippen LogP contribution in [0.1, 0.15) is 0 Å². The quantitative estimate of drug-likeness (QED) is 0.202. The molecule has 0 radical (unpaired) electrons. The summed E-state index contributed by atoms with van der Waals surface area (Å²) >= 11 is 8.11. The first-order valence-corrected chi connectivity index (χ1v) is 12.2. The van der Waals surface area contributed by atoms with Crippen LogP contribution in [0.15, 0.2) is 89.1 Å². The van der Waals surface area contributed by atoms with Gasteiger partial charge in [-0.15, -0.1) is 23.1 Å². The highest BCUT2D eigenvalue weighted by Crippen LogP contribution is 2.26. The Labute approximate surface area is 204 Å². The molecule has 5 nitrogen and oxygen atoms in total. The van der Waals surface area contributed by atoms with Crippen LogP contribution in [0.2, 0.25) is 0 Å². The van der Waals surface area contributed by atoms with Crippen LogP contribution in [0, 0.1) is 5.82 Å². The third-order valence-corrected chi connectivity index (χ3v) is 6.34. The van der Waals surface area contributed by atoms with E-state index in [4.69, 9.17) is 12.2 Å². The fourth-order valence-corrected chi connectivity index (χ4v) is 4.59. The number of carbonyl (C=O) groups excluding carboxylic acids is 1. The van der Waals surface area contributed by atoms with Crippen LogP contribution >= 0.6 is 35.3 Å². The second kappa shape index (κ2) is 11.0. The molecule has 0 aliphatic carbocycles. The summed E-state index contributed by atoms with van der Waals surface area (Å²) in [5, 5.41) is 11.9. The van der Waals surface area contributed by atoms with Gasteiger partial charge in [-0.25, -0.2) is 9.37 Å². The van der Waals surface area contributed by atoms with E-state index in [9.17, 15) is 9.18 Å². The van der Waals surface area contributed by atoms with Crippen molar-refractivity contribution < 1.29 is 9.18 Å². The number of carbonyl (C=O) groups is 1. The minimum atomic E-state index is -0.298. The molecule has 4 aromatic rings. The number of nitrogens with one attached hydrogen (secondary N) is 3. The molecule has 33 heavy (non-hydrogen) atoms. The van der Waals surface area contributed by atoms with Gasteiger partial charge in [0.1, 0.15) is 5.82 Å². The zero-order valence-corrected chi connectivity index (χ0v) is 19.7. The SMILES string of the molecule is O=C(CSc1cccc(NC(=S)Nc2ccccc2)c1)Nc1nc(-c2ccc(F)cc2)cs1. The number of rotatable bonds is 7. The molecule has 0 saturated heterocycles. The predicted molar refractivity (Wildman–Crippen MR) is 140 cm³/mol. The van der Waals surface area contributed by atoms with Gasteiger partial charge in [-0.3, -0.25) is 4.79 Å². The van der Waals surface area contributed by atoms with Crippen LogP contribution in [0.5, 0.6) is 0 Å². The Hall–Kier alpha value is -3.27. The molecule has 9 heteroatoms. The molecule has 0 atom stereocenters. The average molecular weight is 495 g/mol. The number of hydrogen-bond donors (Lipinski definition) is 3. The van der Waals surface area contributed by atoms with E-state index >= 15 is 0 Å². The van der Waals surface area contributed by atoms with E-state index in [1.165, 1.54) is 35.2 Å². The van der Waals surface area contributed by atoms with Crippen molar-refractivity contribution in [3.8, 4) is 11.3 Å². The zero-order chi connectivity index (χ0) is 23.0. The van der Waals surface area contributed by atoms with Crippen LogP contribution < -0.4 is 16.0 Å². The molecule has 1 amide bonds. The smallest absolute Gasteiger partial charge is 0.236 e. The topological polar surface area (TPSA) is 66.1 Å². The lowest BCUT2D eigenvalue weighted by atomic mass is 10.2. The number of benzene rings is 3. The fourth-order valence-electron chi connectivity index (χ4n) is 2.87. The van der Waals surface area contributed by atoms with E-state index < -0.39 is 0 Å². The molecule has 0 aliphatic rings.